The Morgan fingerprint density at radius 3 is 2.38 bits per heavy atom. The Bertz CT molecular complexity index is 193. The summed E-state index contributed by atoms with van der Waals surface area (Å²) in [7, 11) is 1.68. The van der Waals surface area contributed by atoms with E-state index < -0.39 is 0 Å². The van der Waals surface area contributed by atoms with Crippen molar-refractivity contribution >= 4 is 5.78 Å². The van der Waals surface area contributed by atoms with E-state index in [4.69, 9.17) is 9.47 Å². The van der Waals surface area contributed by atoms with E-state index in [0.29, 0.717) is 13.0 Å². The standard InChI is InChI=1S/C13H26O3/c1-6-8-12(16-7-2)11(14)9-10-13(3,4)15-5/h12H,6-10H2,1-5H3. The second kappa shape index (κ2) is 7.80. The minimum atomic E-state index is -0.224. The molecular weight excluding hydrogens is 204 g/mol. The number of Topliss-reactive ketones (excluding diaryl/α,β-unsaturated/α-hetero) is 1. The van der Waals surface area contributed by atoms with E-state index in [1.54, 1.807) is 7.11 Å². The third kappa shape index (κ3) is 6.23. The summed E-state index contributed by atoms with van der Waals surface area (Å²) in [5, 5.41) is 0. The number of ether oxygens (including phenoxy) is 2. The van der Waals surface area contributed by atoms with Gasteiger partial charge >= 0.3 is 0 Å². The van der Waals surface area contributed by atoms with Gasteiger partial charge in [-0.05, 0) is 33.6 Å². The largest absolute Gasteiger partial charge is 0.379 e. The van der Waals surface area contributed by atoms with Crippen molar-refractivity contribution in [3.63, 3.8) is 0 Å². The van der Waals surface area contributed by atoms with Crippen LogP contribution in [0.15, 0.2) is 0 Å². The van der Waals surface area contributed by atoms with Crippen molar-refractivity contribution < 1.29 is 14.3 Å². The first kappa shape index (κ1) is 15.6. The minimum absolute atomic E-state index is 0.203. The Hall–Kier alpha value is -0.410. The highest BCUT2D eigenvalue weighted by Gasteiger charge is 2.22. The van der Waals surface area contributed by atoms with E-state index in [1.807, 2.05) is 20.8 Å². The van der Waals surface area contributed by atoms with E-state index in [-0.39, 0.29) is 17.5 Å². The van der Waals surface area contributed by atoms with Gasteiger partial charge in [-0.2, -0.15) is 0 Å². The van der Waals surface area contributed by atoms with Gasteiger partial charge < -0.3 is 9.47 Å². The van der Waals surface area contributed by atoms with Gasteiger partial charge in [0.2, 0.25) is 0 Å². The molecule has 0 saturated carbocycles. The van der Waals surface area contributed by atoms with Crippen LogP contribution in [-0.4, -0.2) is 31.2 Å². The van der Waals surface area contributed by atoms with Crippen LogP contribution in [0.2, 0.25) is 0 Å². The smallest absolute Gasteiger partial charge is 0.161 e. The molecule has 0 heterocycles. The van der Waals surface area contributed by atoms with Gasteiger partial charge in [-0.15, -0.1) is 0 Å². The first-order valence-corrected chi connectivity index (χ1v) is 6.16. The molecule has 0 radical (unpaired) electrons. The first-order valence-electron chi connectivity index (χ1n) is 6.16. The zero-order valence-electron chi connectivity index (χ0n) is 11.3. The summed E-state index contributed by atoms with van der Waals surface area (Å²) < 4.78 is 10.7. The lowest BCUT2D eigenvalue weighted by Crippen LogP contribution is -2.28. The molecule has 0 amide bonds. The van der Waals surface area contributed by atoms with Crippen LogP contribution in [0.4, 0.5) is 0 Å². The number of hydrogen-bond donors (Lipinski definition) is 0. The molecular formula is C13H26O3. The third-order valence-corrected chi connectivity index (χ3v) is 2.80. The van der Waals surface area contributed by atoms with Crippen LogP contribution in [0.25, 0.3) is 0 Å². The molecule has 0 fully saturated rings. The summed E-state index contributed by atoms with van der Waals surface area (Å²) in [5.74, 6) is 0.203. The molecule has 0 N–H and O–H groups in total. The van der Waals surface area contributed by atoms with Gasteiger partial charge in [0.1, 0.15) is 6.10 Å². The van der Waals surface area contributed by atoms with E-state index in [2.05, 4.69) is 6.92 Å². The van der Waals surface area contributed by atoms with Crippen molar-refractivity contribution in [3.8, 4) is 0 Å². The van der Waals surface area contributed by atoms with Crippen molar-refractivity contribution in [1.82, 2.24) is 0 Å². The van der Waals surface area contributed by atoms with E-state index >= 15 is 0 Å². The van der Waals surface area contributed by atoms with E-state index in [1.165, 1.54) is 0 Å². The van der Waals surface area contributed by atoms with Crippen molar-refractivity contribution in [2.24, 2.45) is 0 Å². The van der Waals surface area contributed by atoms with Gasteiger partial charge in [0, 0.05) is 20.1 Å². The zero-order valence-corrected chi connectivity index (χ0v) is 11.3. The lowest BCUT2D eigenvalue weighted by Gasteiger charge is -2.23. The molecule has 0 aliphatic carbocycles. The highest BCUT2D eigenvalue weighted by Crippen LogP contribution is 2.17. The van der Waals surface area contributed by atoms with Crippen LogP contribution in [0.1, 0.15) is 53.4 Å². The average molecular weight is 230 g/mol. The molecule has 1 unspecified atom stereocenters. The van der Waals surface area contributed by atoms with Gasteiger partial charge in [0.15, 0.2) is 5.78 Å². The number of ketones is 1. The molecule has 3 nitrogen and oxygen atoms in total. The lowest BCUT2D eigenvalue weighted by molar-refractivity contribution is -0.132. The third-order valence-electron chi connectivity index (χ3n) is 2.80. The van der Waals surface area contributed by atoms with E-state index in [9.17, 15) is 4.79 Å². The highest BCUT2D eigenvalue weighted by atomic mass is 16.5. The molecule has 0 saturated heterocycles. The van der Waals surface area contributed by atoms with Crippen molar-refractivity contribution in [2.45, 2.75) is 65.1 Å². The summed E-state index contributed by atoms with van der Waals surface area (Å²) in [4.78, 5) is 11.9. The van der Waals surface area contributed by atoms with Crippen molar-refractivity contribution in [2.75, 3.05) is 13.7 Å². The van der Waals surface area contributed by atoms with E-state index in [0.717, 1.165) is 19.3 Å². The summed E-state index contributed by atoms with van der Waals surface area (Å²) in [5.41, 5.74) is -0.224. The molecule has 0 bridgehead atoms. The SMILES string of the molecule is CCCC(OCC)C(=O)CCC(C)(C)OC. The van der Waals surface area contributed by atoms with Gasteiger partial charge in [0.25, 0.3) is 0 Å². The summed E-state index contributed by atoms with van der Waals surface area (Å²) in [6, 6.07) is 0. The molecule has 0 aromatic rings. The monoisotopic (exact) mass is 230 g/mol. The molecule has 0 aliphatic heterocycles. The molecule has 1 atom stereocenters. The average Bonchev–Trinajstić information content (AvgIpc) is 2.26. The number of methoxy groups -OCH3 is 1. The van der Waals surface area contributed by atoms with Crippen molar-refractivity contribution in [1.29, 1.82) is 0 Å². The van der Waals surface area contributed by atoms with Gasteiger partial charge in [-0.3, -0.25) is 4.79 Å². The number of carbonyl (C=O) groups excluding carboxylic acids is 1. The fourth-order valence-corrected chi connectivity index (χ4v) is 1.49. The summed E-state index contributed by atoms with van der Waals surface area (Å²) in [6.07, 6.45) is 2.85. The number of carbonyl (C=O) groups is 1. The lowest BCUT2D eigenvalue weighted by atomic mass is 9.97. The van der Waals surface area contributed by atoms with Gasteiger partial charge in [-0.25, -0.2) is 0 Å². The number of hydrogen-bond acceptors (Lipinski definition) is 3. The molecule has 16 heavy (non-hydrogen) atoms. The Kier molecular flexibility index (Phi) is 7.60. The fourth-order valence-electron chi connectivity index (χ4n) is 1.49. The van der Waals surface area contributed by atoms with Crippen molar-refractivity contribution in [3.05, 3.63) is 0 Å². The second-order valence-corrected chi connectivity index (χ2v) is 4.66. The van der Waals surface area contributed by atoms with Crippen LogP contribution >= 0.6 is 0 Å². The Labute approximate surface area is 99.5 Å². The molecule has 0 spiro atoms. The Balaban J connectivity index is 4.09. The van der Waals surface area contributed by atoms with Crippen LogP contribution in [0.5, 0.6) is 0 Å². The van der Waals surface area contributed by atoms with Crippen LogP contribution < -0.4 is 0 Å². The summed E-state index contributed by atoms with van der Waals surface area (Å²) in [6.45, 7) is 8.59. The molecule has 0 aromatic heterocycles. The minimum Gasteiger partial charge on any atom is -0.379 e. The topological polar surface area (TPSA) is 35.5 Å². The predicted octanol–water partition coefficient (Wildman–Crippen LogP) is 2.97. The maximum Gasteiger partial charge on any atom is 0.161 e. The highest BCUT2D eigenvalue weighted by molar-refractivity contribution is 5.83. The van der Waals surface area contributed by atoms with Crippen LogP contribution in [0, 0.1) is 0 Å². The molecule has 0 aliphatic rings. The maximum absolute atomic E-state index is 11.9. The quantitative estimate of drug-likeness (QED) is 0.611. The molecule has 96 valence electrons. The fraction of sp³-hybridized carbons (Fsp3) is 0.923. The normalized spacial score (nSPS) is 13.8. The van der Waals surface area contributed by atoms with Gasteiger partial charge in [-0.1, -0.05) is 13.3 Å². The van der Waals surface area contributed by atoms with Crippen LogP contribution in [-0.2, 0) is 14.3 Å². The predicted molar refractivity (Wildman–Crippen MR) is 65.7 cm³/mol. The second-order valence-electron chi connectivity index (χ2n) is 4.66. The zero-order chi connectivity index (χ0) is 12.6. The molecule has 3 heteroatoms. The molecule has 0 aromatic carbocycles. The van der Waals surface area contributed by atoms with Gasteiger partial charge in [0.05, 0.1) is 5.60 Å². The Morgan fingerprint density at radius 2 is 1.94 bits per heavy atom. The summed E-state index contributed by atoms with van der Waals surface area (Å²) >= 11 is 0. The maximum atomic E-state index is 11.9. The molecule has 0 rings (SSSR count). The first-order chi connectivity index (χ1) is 7.46. The van der Waals surface area contributed by atoms with Crippen LogP contribution in [0.3, 0.4) is 0 Å². The Morgan fingerprint density at radius 1 is 1.31 bits per heavy atom. The number of rotatable bonds is 9.